The molecule has 1 atom stereocenters. The molecule has 0 fully saturated rings. The highest BCUT2D eigenvalue weighted by atomic mass is 35.5. The number of hydrogen-bond acceptors (Lipinski definition) is 3. The molecule has 2 aromatic carbocycles. The highest BCUT2D eigenvalue weighted by Crippen LogP contribution is 2.34. The van der Waals surface area contributed by atoms with E-state index >= 15 is 0 Å². The van der Waals surface area contributed by atoms with Crippen LogP contribution in [0.25, 0.3) is 0 Å². The zero-order valence-electron chi connectivity index (χ0n) is 20.2. The Labute approximate surface area is 210 Å². The van der Waals surface area contributed by atoms with Crippen molar-refractivity contribution in [1.29, 1.82) is 5.26 Å². The molecule has 0 radical (unpaired) electrons. The Hall–Kier alpha value is -3.56. The maximum atomic E-state index is 13.3. The SMILES string of the molecule is CC(C)Cc1ccc(C(C)C(=O)Nc2c(C#N)c3n(c2C(=O)Nc2ccc(Cl)cc2)CCC3)cc1. The van der Waals surface area contributed by atoms with E-state index in [1.54, 1.807) is 24.3 Å². The molecule has 1 aliphatic heterocycles. The van der Waals surface area contributed by atoms with Gasteiger partial charge in [0.15, 0.2) is 0 Å². The normalized spacial score (nSPS) is 13.3. The summed E-state index contributed by atoms with van der Waals surface area (Å²) >= 11 is 5.96. The number of nitrogens with one attached hydrogen (secondary N) is 2. The van der Waals surface area contributed by atoms with Crippen molar-refractivity contribution in [2.24, 2.45) is 5.92 Å². The summed E-state index contributed by atoms with van der Waals surface area (Å²) in [5.74, 6) is -0.530. The maximum absolute atomic E-state index is 13.3. The van der Waals surface area contributed by atoms with Gasteiger partial charge in [-0.25, -0.2) is 0 Å². The summed E-state index contributed by atoms with van der Waals surface area (Å²) in [5.41, 5.74) is 4.42. The van der Waals surface area contributed by atoms with E-state index in [1.165, 1.54) is 5.56 Å². The van der Waals surface area contributed by atoms with Crippen LogP contribution in [0.15, 0.2) is 48.5 Å². The lowest BCUT2D eigenvalue weighted by Gasteiger charge is -2.15. The molecule has 7 heteroatoms. The second-order valence-corrected chi connectivity index (χ2v) is 9.86. The quantitative estimate of drug-likeness (QED) is 0.418. The van der Waals surface area contributed by atoms with Crippen molar-refractivity contribution in [3.05, 3.63) is 81.6 Å². The number of carbonyl (C=O) groups is 2. The van der Waals surface area contributed by atoms with E-state index in [0.717, 1.165) is 24.1 Å². The summed E-state index contributed by atoms with van der Waals surface area (Å²) in [6.07, 6.45) is 2.51. The van der Waals surface area contributed by atoms with Crippen molar-refractivity contribution in [3.63, 3.8) is 0 Å². The third kappa shape index (κ3) is 5.26. The summed E-state index contributed by atoms with van der Waals surface area (Å²) in [4.78, 5) is 26.6. The van der Waals surface area contributed by atoms with Gasteiger partial charge in [0.05, 0.1) is 17.2 Å². The first-order chi connectivity index (χ1) is 16.8. The van der Waals surface area contributed by atoms with E-state index in [1.807, 2.05) is 23.6 Å². The summed E-state index contributed by atoms with van der Waals surface area (Å²) in [7, 11) is 0. The van der Waals surface area contributed by atoms with Crippen LogP contribution < -0.4 is 10.6 Å². The van der Waals surface area contributed by atoms with Gasteiger partial charge in [-0.2, -0.15) is 5.26 Å². The lowest BCUT2D eigenvalue weighted by molar-refractivity contribution is -0.117. The number of aromatic nitrogens is 1. The van der Waals surface area contributed by atoms with Crippen LogP contribution >= 0.6 is 11.6 Å². The minimum Gasteiger partial charge on any atom is -0.337 e. The number of fused-ring (bicyclic) bond motifs is 1. The molecule has 2 N–H and O–H groups in total. The van der Waals surface area contributed by atoms with E-state index < -0.39 is 5.92 Å². The second kappa shape index (κ2) is 10.4. The lowest BCUT2D eigenvalue weighted by atomic mass is 9.96. The Morgan fingerprint density at radius 1 is 1.06 bits per heavy atom. The highest BCUT2D eigenvalue weighted by molar-refractivity contribution is 6.30. The van der Waals surface area contributed by atoms with Crippen molar-refractivity contribution in [3.8, 4) is 6.07 Å². The fourth-order valence-electron chi connectivity index (χ4n) is 4.58. The Morgan fingerprint density at radius 3 is 2.37 bits per heavy atom. The fraction of sp³-hybridized carbons (Fsp3) is 0.321. The van der Waals surface area contributed by atoms with Crippen molar-refractivity contribution >= 4 is 34.8 Å². The minimum atomic E-state index is -0.448. The van der Waals surface area contributed by atoms with Gasteiger partial charge in [0.1, 0.15) is 11.8 Å². The summed E-state index contributed by atoms with van der Waals surface area (Å²) < 4.78 is 1.85. The minimum absolute atomic E-state index is 0.261. The first kappa shape index (κ1) is 24.6. The van der Waals surface area contributed by atoms with Crippen LogP contribution in [-0.4, -0.2) is 16.4 Å². The first-order valence-corrected chi connectivity index (χ1v) is 12.3. The van der Waals surface area contributed by atoms with Gasteiger partial charge in [-0.05, 0) is 67.5 Å². The van der Waals surface area contributed by atoms with Gasteiger partial charge in [-0.1, -0.05) is 49.7 Å². The average Bonchev–Trinajstić information content (AvgIpc) is 3.40. The van der Waals surface area contributed by atoms with E-state index in [-0.39, 0.29) is 17.5 Å². The molecule has 3 aromatic rings. The summed E-state index contributed by atoms with van der Waals surface area (Å²) in [6.45, 7) is 6.80. The van der Waals surface area contributed by atoms with Crippen LogP contribution in [-0.2, 0) is 24.2 Å². The number of hydrogen-bond donors (Lipinski definition) is 2. The van der Waals surface area contributed by atoms with Crippen molar-refractivity contribution in [2.45, 2.75) is 52.5 Å². The molecule has 1 aromatic heterocycles. The molecular formula is C28H29ClN4O2. The number of rotatable bonds is 7. The van der Waals surface area contributed by atoms with Gasteiger partial charge in [-0.15, -0.1) is 0 Å². The zero-order chi connectivity index (χ0) is 25.1. The third-order valence-electron chi connectivity index (χ3n) is 6.36. The molecule has 0 saturated heterocycles. The topological polar surface area (TPSA) is 86.9 Å². The van der Waals surface area contributed by atoms with Crippen molar-refractivity contribution in [1.82, 2.24) is 4.57 Å². The summed E-state index contributed by atoms with van der Waals surface area (Å²) in [5, 5.41) is 16.3. The van der Waals surface area contributed by atoms with Gasteiger partial charge in [0.2, 0.25) is 5.91 Å². The zero-order valence-corrected chi connectivity index (χ0v) is 20.9. The largest absolute Gasteiger partial charge is 0.337 e. The average molecular weight is 489 g/mol. The third-order valence-corrected chi connectivity index (χ3v) is 6.61. The molecule has 2 amide bonds. The van der Waals surface area contributed by atoms with E-state index in [0.29, 0.717) is 40.9 Å². The fourth-order valence-corrected chi connectivity index (χ4v) is 4.70. The number of carbonyl (C=O) groups excluding carboxylic acids is 2. The molecule has 1 unspecified atom stereocenters. The van der Waals surface area contributed by atoms with Gasteiger partial charge >= 0.3 is 0 Å². The highest BCUT2D eigenvalue weighted by Gasteiger charge is 2.31. The standard InChI is InChI=1S/C28H29ClN4O2/c1-17(2)15-19-6-8-20(9-7-19)18(3)27(34)32-25-23(16-30)24-5-4-14-33(24)26(25)28(35)31-22-12-10-21(29)11-13-22/h6-13,17-18H,4-5,14-15H2,1-3H3,(H,31,35)(H,32,34). The predicted molar refractivity (Wildman–Crippen MR) is 139 cm³/mol. The monoisotopic (exact) mass is 488 g/mol. The molecule has 4 rings (SSSR count). The Balaban J connectivity index is 1.61. The van der Waals surface area contributed by atoms with E-state index in [2.05, 4.69) is 42.7 Å². The molecule has 1 aliphatic rings. The Morgan fingerprint density at radius 2 is 1.74 bits per heavy atom. The van der Waals surface area contributed by atoms with Crippen molar-refractivity contribution < 1.29 is 9.59 Å². The van der Waals surface area contributed by atoms with Crippen LogP contribution in [0, 0.1) is 17.2 Å². The first-order valence-electron chi connectivity index (χ1n) is 11.9. The predicted octanol–water partition coefficient (Wildman–Crippen LogP) is 6.15. The Bertz CT molecular complexity index is 1280. The smallest absolute Gasteiger partial charge is 0.274 e. The molecule has 35 heavy (non-hydrogen) atoms. The van der Waals surface area contributed by atoms with Gasteiger partial charge in [-0.3, -0.25) is 9.59 Å². The molecule has 180 valence electrons. The molecule has 0 bridgehead atoms. The number of amides is 2. The van der Waals surface area contributed by atoms with Crippen LogP contribution in [0.5, 0.6) is 0 Å². The van der Waals surface area contributed by atoms with E-state index in [9.17, 15) is 14.9 Å². The lowest BCUT2D eigenvalue weighted by Crippen LogP contribution is -2.23. The molecule has 2 heterocycles. The maximum Gasteiger partial charge on any atom is 0.274 e. The number of nitriles is 1. The van der Waals surface area contributed by atoms with E-state index in [4.69, 9.17) is 11.6 Å². The van der Waals surface area contributed by atoms with Crippen LogP contribution in [0.4, 0.5) is 11.4 Å². The van der Waals surface area contributed by atoms with Gasteiger partial charge in [0, 0.05) is 22.9 Å². The number of halogens is 1. The van der Waals surface area contributed by atoms with Crippen LogP contribution in [0.3, 0.4) is 0 Å². The molecule has 0 aliphatic carbocycles. The second-order valence-electron chi connectivity index (χ2n) is 9.42. The summed E-state index contributed by atoms with van der Waals surface area (Å²) in [6, 6.07) is 17.1. The van der Waals surface area contributed by atoms with Gasteiger partial charge in [0.25, 0.3) is 5.91 Å². The van der Waals surface area contributed by atoms with Crippen LogP contribution in [0.2, 0.25) is 5.02 Å². The molecule has 0 saturated carbocycles. The molecular weight excluding hydrogens is 460 g/mol. The molecule has 0 spiro atoms. The molecule has 6 nitrogen and oxygen atoms in total. The van der Waals surface area contributed by atoms with Crippen molar-refractivity contribution in [2.75, 3.05) is 10.6 Å². The van der Waals surface area contributed by atoms with Gasteiger partial charge < -0.3 is 15.2 Å². The Kier molecular flexibility index (Phi) is 7.28. The number of benzene rings is 2. The number of anilines is 2. The number of nitrogens with zero attached hydrogens (tertiary/aromatic N) is 2. The van der Waals surface area contributed by atoms with Crippen LogP contribution in [0.1, 0.15) is 66.0 Å².